The summed E-state index contributed by atoms with van der Waals surface area (Å²) in [6.45, 7) is -0.238. The number of pyridine rings is 1. The lowest BCUT2D eigenvalue weighted by Gasteiger charge is -2.01. The number of carbonyl (C=O) groups is 1. The van der Waals surface area contributed by atoms with Gasteiger partial charge in [-0.1, -0.05) is 6.07 Å². The molecule has 76 valence electrons. The molecule has 0 atom stereocenters. The van der Waals surface area contributed by atoms with Crippen LogP contribution in [0.2, 0.25) is 0 Å². The van der Waals surface area contributed by atoms with Crippen LogP contribution < -0.4 is 0 Å². The smallest absolute Gasteiger partial charge is 0.354 e. The number of hydrogen-bond acceptors (Lipinski definition) is 3. The van der Waals surface area contributed by atoms with Gasteiger partial charge in [0.1, 0.15) is 12.4 Å². The number of carboxylic acids is 1. The van der Waals surface area contributed by atoms with Gasteiger partial charge in [-0.3, -0.25) is 0 Å². The highest BCUT2D eigenvalue weighted by Gasteiger charge is 2.03. The van der Waals surface area contributed by atoms with Crippen molar-refractivity contribution in [1.82, 2.24) is 4.98 Å². The van der Waals surface area contributed by atoms with E-state index < -0.39 is 12.6 Å². The van der Waals surface area contributed by atoms with Crippen LogP contribution in [0.4, 0.5) is 4.39 Å². The van der Waals surface area contributed by atoms with E-state index in [4.69, 9.17) is 9.84 Å². The molecule has 1 N–H and O–H groups in total. The van der Waals surface area contributed by atoms with Crippen LogP contribution in [0.25, 0.3) is 0 Å². The standard InChI is InChI=1S/C9H10FNO3/c10-3-4-14-6-7-1-2-8(9(12)13)11-5-7/h1-2,5H,3-4,6H2,(H,12,13). The molecule has 0 aliphatic heterocycles. The van der Waals surface area contributed by atoms with Crippen LogP contribution in [-0.4, -0.2) is 29.3 Å². The number of alkyl halides is 1. The van der Waals surface area contributed by atoms with Gasteiger partial charge in [-0.05, 0) is 11.6 Å². The number of hydrogen-bond donors (Lipinski definition) is 1. The molecule has 0 aliphatic carbocycles. The van der Waals surface area contributed by atoms with Crippen molar-refractivity contribution in [3.63, 3.8) is 0 Å². The van der Waals surface area contributed by atoms with E-state index in [2.05, 4.69) is 4.98 Å². The van der Waals surface area contributed by atoms with Gasteiger partial charge in [0.2, 0.25) is 0 Å². The Labute approximate surface area is 80.3 Å². The summed E-state index contributed by atoms with van der Waals surface area (Å²) in [5.41, 5.74) is 0.711. The maximum absolute atomic E-state index is 11.6. The number of ether oxygens (including phenoxy) is 1. The van der Waals surface area contributed by atoms with Gasteiger partial charge in [0.05, 0.1) is 13.2 Å². The van der Waals surface area contributed by atoms with Crippen molar-refractivity contribution < 1.29 is 19.0 Å². The van der Waals surface area contributed by atoms with Gasteiger partial charge in [-0.25, -0.2) is 14.2 Å². The number of aromatic nitrogens is 1. The molecule has 0 saturated heterocycles. The largest absolute Gasteiger partial charge is 0.477 e. The van der Waals surface area contributed by atoms with E-state index in [9.17, 15) is 9.18 Å². The first-order valence-corrected chi connectivity index (χ1v) is 4.06. The van der Waals surface area contributed by atoms with Crippen molar-refractivity contribution in [3.8, 4) is 0 Å². The summed E-state index contributed by atoms with van der Waals surface area (Å²) in [5.74, 6) is -1.07. The number of carboxylic acid groups (broad SMARTS) is 1. The molecule has 0 spiro atoms. The zero-order chi connectivity index (χ0) is 10.4. The van der Waals surface area contributed by atoms with E-state index >= 15 is 0 Å². The Morgan fingerprint density at radius 2 is 2.36 bits per heavy atom. The number of rotatable bonds is 5. The molecule has 4 nitrogen and oxygen atoms in total. The van der Waals surface area contributed by atoms with E-state index in [1.807, 2.05) is 0 Å². The second-order valence-corrected chi connectivity index (χ2v) is 2.60. The summed E-state index contributed by atoms with van der Waals surface area (Å²) in [7, 11) is 0. The van der Waals surface area contributed by atoms with Crippen LogP contribution in [-0.2, 0) is 11.3 Å². The minimum absolute atomic E-state index is 0.0146. The molecule has 0 saturated carbocycles. The minimum Gasteiger partial charge on any atom is -0.477 e. The SMILES string of the molecule is O=C(O)c1ccc(COCCF)cn1. The zero-order valence-corrected chi connectivity index (χ0v) is 7.44. The highest BCUT2D eigenvalue weighted by molar-refractivity contribution is 5.85. The van der Waals surface area contributed by atoms with Crippen LogP contribution in [0.3, 0.4) is 0 Å². The zero-order valence-electron chi connectivity index (χ0n) is 7.44. The average Bonchev–Trinajstić information content (AvgIpc) is 2.19. The quantitative estimate of drug-likeness (QED) is 0.725. The molecule has 0 bridgehead atoms. The second kappa shape index (κ2) is 5.29. The molecule has 0 amide bonds. The Balaban J connectivity index is 2.51. The Bertz CT molecular complexity index is 299. The normalized spacial score (nSPS) is 10.1. The molecule has 0 aliphatic rings. The van der Waals surface area contributed by atoms with Crippen LogP contribution >= 0.6 is 0 Å². The predicted molar refractivity (Wildman–Crippen MR) is 46.8 cm³/mol. The second-order valence-electron chi connectivity index (χ2n) is 2.60. The van der Waals surface area contributed by atoms with Gasteiger partial charge in [0.25, 0.3) is 0 Å². The van der Waals surface area contributed by atoms with Gasteiger partial charge < -0.3 is 9.84 Å². The number of halogens is 1. The predicted octanol–water partition coefficient (Wildman–Crippen LogP) is 1.27. The maximum atomic E-state index is 11.6. The summed E-state index contributed by atoms with van der Waals surface area (Å²) in [6, 6.07) is 2.98. The van der Waals surface area contributed by atoms with Gasteiger partial charge in [-0.2, -0.15) is 0 Å². The van der Waals surface area contributed by atoms with Gasteiger partial charge in [0.15, 0.2) is 0 Å². The molecule has 1 rings (SSSR count). The van der Waals surface area contributed by atoms with Crippen LogP contribution in [0.5, 0.6) is 0 Å². The first-order valence-electron chi connectivity index (χ1n) is 4.06. The van der Waals surface area contributed by atoms with Crippen molar-refractivity contribution >= 4 is 5.97 Å². The van der Waals surface area contributed by atoms with Crippen LogP contribution in [0, 0.1) is 0 Å². The van der Waals surface area contributed by atoms with E-state index in [1.54, 1.807) is 6.07 Å². The molecule has 0 fully saturated rings. The topological polar surface area (TPSA) is 59.4 Å². The molecule has 5 heteroatoms. The number of nitrogens with zero attached hydrogens (tertiary/aromatic N) is 1. The van der Waals surface area contributed by atoms with Gasteiger partial charge in [0, 0.05) is 6.20 Å². The van der Waals surface area contributed by atoms with E-state index in [0.29, 0.717) is 0 Å². The Kier molecular flexibility index (Phi) is 4.00. The third kappa shape index (κ3) is 3.10. The summed E-state index contributed by atoms with van der Waals surface area (Å²) in [5, 5.41) is 8.55. The molecule has 0 unspecified atom stereocenters. The average molecular weight is 199 g/mol. The third-order valence-corrected chi connectivity index (χ3v) is 1.53. The van der Waals surface area contributed by atoms with E-state index in [1.165, 1.54) is 12.3 Å². The lowest BCUT2D eigenvalue weighted by molar-refractivity contribution is 0.0690. The lowest BCUT2D eigenvalue weighted by atomic mass is 10.2. The summed E-state index contributed by atoms with van der Waals surface area (Å²) < 4.78 is 16.6. The molecule has 0 aromatic carbocycles. The lowest BCUT2D eigenvalue weighted by Crippen LogP contribution is -2.02. The first-order chi connectivity index (χ1) is 6.74. The maximum Gasteiger partial charge on any atom is 0.354 e. The van der Waals surface area contributed by atoms with E-state index in [0.717, 1.165) is 5.56 Å². The van der Waals surface area contributed by atoms with Gasteiger partial charge in [-0.15, -0.1) is 0 Å². The molecule has 14 heavy (non-hydrogen) atoms. The molecule has 1 aromatic heterocycles. The first kappa shape index (κ1) is 10.6. The Hall–Kier alpha value is -1.49. The van der Waals surface area contributed by atoms with Crippen molar-refractivity contribution in [2.75, 3.05) is 13.3 Å². The highest BCUT2D eigenvalue weighted by atomic mass is 19.1. The monoisotopic (exact) mass is 199 g/mol. The molecule has 0 radical (unpaired) electrons. The summed E-state index contributed by atoms with van der Waals surface area (Å²) in [6.07, 6.45) is 1.40. The molecule has 1 aromatic rings. The molecular formula is C9H10FNO3. The van der Waals surface area contributed by atoms with Crippen molar-refractivity contribution in [2.45, 2.75) is 6.61 Å². The van der Waals surface area contributed by atoms with Gasteiger partial charge >= 0.3 is 5.97 Å². The minimum atomic E-state index is -1.07. The molecular weight excluding hydrogens is 189 g/mol. The fourth-order valence-corrected chi connectivity index (χ4v) is 0.881. The molecule has 1 heterocycles. The fraction of sp³-hybridized carbons (Fsp3) is 0.333. The Morgan fingerprint density at radius 1 is 1.57 bits per heavy atom. The van der Waals surface area contributed by atoms with Crippen LogP contribution in [0.15, 0.2) is 18.3 Å². The van der Waals surface area contributed by atoms with Crippen molar-refractivity contribution in [1.29, 1.82) is 0 Å². The fourth-order valence-electron chi connectivity index (χ4n) is 0.881. The Morgan fingerprint density at radius 3 is 2.86 bits per heavy atom. The number of aromatic carboxylic acids is 1. The van der Waals surface area contributed by atoms with Crippen LogP contribution in [0.1, 0.15) is 16.1 Å². The summed E-state index contributed by atoms with van der Waals surface area (Å²) in [4.78, 5) is 14.1. The third-order valence-electron chi connectivity index (χ3n) is 1.53. The van der Waals surface area contributed by atoms with Crippen molar-refractivity contribution in [2.24, 2.45) is 0 Å². The highest BCUT2D eigenvalue weighted by Crippen LogP contribution is 2.02. The summed E-state index contributed by atoms with van der Waals surface area (Å²) >= 11 is 0. The van der Waals surface area contributed by atoms with Crippen molar-refractivity contribution in [3.05, 3.63) is 29.6 Å². The van der Waals surface area contributed by atoms with E-state index in [-0.39, 0.29) is 18.9 Å².